The van der Waals surface area contributed by atoms with Crippen LogP contribution in [-0.4, -0.2) is 43.1 Å². The van der Waals surface area contributed by atoms with Gasteiger partial charge in [-0.3, -0.25) is 4.79 Å². The van der Waals surface area contributed by atoms with Crippen molar-refractivity contribution in [2.75, 3.05) is 20.8 Å². The maximum atomic E-state index is 12.6. The molecule has 3 rings (SSSR count). The maximum absolute atomic E-state index is 12.6. The molecular weight excluding hydrogens is 388 g/mol. The maximum Gasteiger partial charge on any atom is 0.309 e. The number of hydrogen-bond donors (Lipinski definition) is 2. The van der Waals surface area contributed by atoms with Crippen LogP contribution in [0.4, 0.5) is 0 Å². The van der Waals surface area contributed by atoms with Gasteiger partial charge in [-0.25, -0.2) is 0 Å². The van der Waals surface area contributed by atoms with Crippen LogP contribution in [0.25, 0.3) is 0 Å². The van der Waals surface area contributed by atoms with Crippen LogP contribution in [0.3, 0.4) is 0 Å². The predicted octanol–water partition coefficient (Wildman–Crippen LogP) is 3.61. The van der Waals surface area contributed by atoms with Crippen LogP contribution in [-0.2, 0) is 20.7 Å². The Hall–Kier alpha value is -2.93. The van der Waals surface area contributed by atoms with Gasteiger partial charge >= 0.3 is 5.97 Å². The zero-order chi connectivity index (χ0) is 21.8. The zero-order valence-corrected chi connectivity index (χ0v) is 17.6. The molecule has 0 amide bonds. The standard InChI is InChI=1S/C23H28O7/c1-13(2)30-22(15-6-8-19(25)21(11-15)28-4)17-12-29-23(26)16(17)9-14-5-7-18(24)20(10-14)27-3/h5-8,10-11,13,16-17,22,24-25H,9,12H2,1-4H3/t16-,17+,22?/m1/s1. The van der Waals surface area contributed by atoms with Crippen LogP contribution in [0, 0.1) is 11.8 Å². The van der Waals surface area contributed by atoms with Crippen molar-refractivity contribution < 1.29 is 34.0 Å². The molecule has 2 aromatic rings. The van der Waals surface area contributed by atoms with Crippen LogP contribution in [0.5, 0.6) is 23.0 Å². The normalized spacial score (nSPS) is 19.6. The summed E-state index contributed by atoms with van der Waals surface area (Å²) in [6, 6.07) is 10.1. The van der Waals surface area contributed by atoms with Gasteiger partial charge in [0.25, 0.3) is 0 Å². The average molecular weight is 416 g/mol. The van der Waals surface area contributed by atoms with Gasteiger partial charge in [-0.05, 0) is 55.7 Å². The summed E-state index contributed by atoms with van der Waals surface area (Å²) >= 11 is 0. The lowest BCUT2D eigenvalue weighted by atomic mass is 9.82. The van der Waals surface area contributed by atoms with Gasteiger partial charge in [-0.1, -0.05) is 12.1 Å². The van der Waals surface area contributed by atoms with Crippen molar-refractivity contribution in [3.05, 3.63) is 47.5 Å². The molecule has 1 fully saturated rings. The van der Waals surface area contributed by atoms with E-state index < -0.39 is 12.0 Å². The SMILES string of the molecule is COc1cc(C[C@H]2C(=O)OC[C@@H]2C(OC(C)C)c2ccc(O)c(OC)c2)ccc1O. The first-order chi connectivity index (χ1) is 14.3. The lowest BCUT2D eigenvalue weighted by Crippen LogP contribution is -2.28. The van der Waals surface area contributed by atoms with E-state index in [0.29, 0.717) is 17.9 Å². The summed E-state index contributed by atoms with van der Waals surface area (Å²) in [4.78, 5) is 12.6. The molecule has 1 heterocycles. The molecule has 1 unspecified atom stereocenters. The largest absolute Gasteiger partial charge is 0.504 e. The molecule has 30 heavy (non-hydrogen) atoms. The van der Waals surface area contributed by atoms with Crippen molar-refractivity contribution >= 4 is 5.97 Å². The van der Waals surface area contributed by atoms with Gasteiger partial charge < -0.3 is 29.2 Å². The Morgan fingerprint density at radius 1 is 1.03 bits per heavy atom. The fourth-order valence-corrected chi connectivity index (χ4v) is 3.80. The molecule has 0 bridgehead atoms. The van der Waals surface area contributed by atoms with Gasteiger partial charge in [-0.2, -0.15) is 0 Å². The third-order valence-electron chi connectivity index (χ3n) is 5.28. The van der Waals surface area contributed by atoms with Gasteiger partial charge in [0.2, 0.25) is 0 Å². The third kappa shape index (κ3) is 4.62. The number of esters is 1. The van der Waals surface area contributed by atoms with E-state index in [0.717, 1.165) is 11.1 Å². The minimum Gasteiger partial charge on any atom is -0.504 e. The van der Waals surface area contributed by atoms with Gasteiger partial charge in [0.05, 0.1) is 39.0 Å². The van der Waals surface area contributed by atoms with E-state index in [1.54, 1.807) is 36.4 Å². The Labute approximate surface area is 176 Å². The summed E-state index contributed by atoms with van der Waals surface area (Å²) in [6.07, 6.45) is -0.0808. The zero-order valence-electron chi connectivity index (χ0n) is 17.6. The molecule has 7 nitrogen and oxygen atoms in total. The van der Waals surface area contributed by atoms with Gasteiger partial charge in [0.15, 0.2) is 23.0 Å². The number of aromatic hydroxyl groups is 2. The highest BCUT2D eigenvalue weighted by Crippen LogP contribution is 2.41. The van der Waals surface area contributed by atoms with Crippen molar-refractivity contribution in [1.82, 2.24) is 0 Å². The second-order valence-electron chi connectivity index (χ2n) is 7.65. The van der Waals surface area contributed by atoms with E-state index in [1.165, 1.54) is 14.2 Å². The van der Waals surface area contributed by atoms with Gasteiger partial charge in [0.1, 0.15) is 0 Å². The Morgan fingerprint density at radius 2 is 1.67 bits per heavy atom. The predicted molar refractivity (Wildman–Crippen MR) is 110 cm³/mol. The number of phenols is 2. The molecule has 1 aliphatic rings. The minimum atomic E-state index is -0.428. The summed E-state index contributed by atoms with van der Waals surface area (Å²) in [7, 11) is 2.97. The van der Waals surface area contributed by atoms with Crippen LogP contribution in [0.2, 0.25) is 0 Å². The number of carbonyl (C=O) groups is 1. The second-order valence-corrected chi connectivity index (χ2v) is 7.65. The van der Waals surface area contributed by atoms with Crippen LogP contribution >= 0.6 is 0 Å². The Kier molecular flexibility index (Phi) is 6.72. The molecule has 0 radical (unpaired) electrons. The summed E-state index contributed by atoms with van der Waals surface area (Å²) in [5, 5.41) is 19.8. The summed E-state index contributed by atoms with van der Waals surface area (Å²) in [5.74, 6) is -0.157. The van der Waals surface area contributed by atoms with Crippen LogP contribution < -0.4 is 9.47 Å². The summed E-state index contributed by atoms with van der Waals surface area (Å²) in [5.41, 5.74) is 1.65. The molecule has 0 saturated carbocycles. The lowest BCUT2D eigenvalue weighted by Gasteiger charge is -2.28. The molecule has 0 aliphatic carbocycles. The van der Waals surface area contributed by atoms with Gasteiger partial charge in [-0.15, -0.1) is 0 Å². The quantitative estimate of drug-likeness (QED) is 0.635. The number of carbonyl (C=O) groups excluding carboxylic acids is 1. The monoisotopic (exact) mass is 416 g/mol. The van der Waals surface area contributed by atoms with Crippen molar-refractivity contribution in [1.29, 1.82) is 0 Å². The lowest BCUT2D eigenvalue weighted by molar-refractivity contribution is -0.141. The minimum absolute atomic E-state index is 0.0380. The summed E-state index contributed by atoms with van der Waals surface area (Å²) < 4.78 is 22.0. The van der Waals surface area contributed by atoms with E-state index >= 15 is 0 Å². The van der Waals surface area contributed by atoms with E-state index in [1.807, 2.05) is 13.8 Å². The molecular formula is C23H28O7. The van der Waals surface area contributed by atoms with E-state index in [4.69, 9.17) is 18.9 Å². The number of rotatable bonds is 8. The average Bonchev–Trinajstić information content (AvgIpc) is 3.08. The molecule has 162 valence electrons. The Bertz CT molecular complexity index is 893. The second kappa shape index (κ2) is 9.26. The highest BCUT2D eigenvalue weighted by atomic mass is 16.5. The molecule has 1 aliphatic heterocycles. The Balaban J connectivity index is 1.93. The van der Waals surface area contributed by atoms with Crippen molar-refractivity contribution in [2.45, 2.75) is 32.5 Å². The van der Waals surface area contributed by atoms with Crippen LogP contribution in [0.15, 0.2) is 36.4 Å². The number of cyclic esters (lactones) is 1. The molecule has 1 saturated heterocycles. The van der Waals surface area contributed by atoms with E-state index in [9.17, 15) is 15.0 Å². The number of benzene rings is 2. The summed E-state index contributed by atoms with van der Waals surface area (Å²) in [6.45, 7) is 4.10. The first kappa shape index (κ1) is 21.8. The third-order valence-corrected chi connectivity index (χ3v) is 5.28. The smallest absolute Gasteiger partial charge is 0.309 e. The highest BCUT2D eigenvalue weighted by Gasteiger charge is 2.43. The first-order valence-electron chi connectivity index (χ1n) is 9.89. The number of hydrogen-bond acceptors (Lipinski definition) is 7. The number of phenolic OH excluding ortho intramolecular Hbond substituents is 2. The van der Waals surface area contributed by atoms with Crippen molar-refractivity contribution in [3.8, 4) is 23.0 Å². The molecule has 2 aromatic carbocycles. The fraction of sp³-hybridized carbons (Fsp3) is 0.435. The van der Waals surface area contributed by atoms with Gasteiger partial charge in [0, 0.05) is 5.92 Å². The molecule has 0 spiro atoms. The molecule has 0 aromatic heterocycles. The first-order valence-corrected chi connectivity index (χ1v) is 9.89. The fourth-order valence-electron chi connectivity index (χ4n) is 3.80. The number of methoxy groups -OCH3 is 2. The van der Waals surface area contributed by atoms with Crippen molar-refractivity contribution in [3.63, 3.8) is 0 Å². The Morgan fingerprint density at radius 3 is 2.30 bits per heavy atom. The highest BCUT2D eigenvalue weighted by molar-refractivity contribution is 5.75. The molecule has 7 heteroatoms. The van der Waals surface area contributed by atoms with E-state index in [2.05, 4.69) is 0 Å². The number of ether oxygens (including phenoxy) is 4. The molecule has 2 N–H and O–H groups in total. The van der Waals surface area contributed by atoms with E-state index in [-0.39, 0.29) is 36.1 Å². The van der Waals surface area contributed by atoms with Crippen LogP contribution in [0.1, 0.15) is 31.1 Å². The van der Waals surface area contributed by atoms with Crippen molar-refractivity contribution in [2.24, 2.45) is 11.8 Å². The topological polar surface area (TPSA) is 94.5 Å². The molecule has 3 atom stereocenters.